The molecule has 0 spiro atoms. The number of halogens is 3. The lowest BCUT2D eigenvalue weighted by atomic mass is 10.2. The Balaban J connectivity index is 2.24. The van der Waals surface area contributed by atoms with E-state index < -0.39 is 17.5 Å². The normalized spacial score (nSPS) is 10.2. The van der Waals surface area contributed by atoms with Crippen LogP contribution in [-0.2, 0) is 0 Å². The van der Waals surface area contributed by atoms with E-state index >= 15 is 0 Å². The van der Waals surface area contributed by atoms with Crippen molar-refractivity contribution in [2.45, 2.75) is 0 Å². The Hall–Kier alpha value is -2.01. The van der Waals surface area contributed by atoms with Gasteiger partial charge in [-0.25, -0.2) is 13.8 Å². The number of anilines is 1. The van der Waals surface area contributed by atoms with Crippen molar-refractivity contribution in [3.05, 3.63) is 58.9 Å². The molecule has 1 amide bonds. The summed E-state index contributed by atoms with van der Waals surface area (Å²) in [6, 6.07) is 6.27. The summed E-state index contributed by atoms with van der Waals surface area (Å²) >= 11 is 5.62. The van der Waals surface area contributed by atoms with Crippen molar-refractivity contribution in [2.24, 2.45) is 0 Å². The second-order valence-corrected chi connectivity index (χ2v) is 3.81. The Bertz CT molecular complexity index is 604. The van der Waals surface area contributed by atoms with E-state index in [1.54, 1.807) is 0 Å². The molecule has 0 unspecified atom stereocenters. The molecule has 1 aromatic heterocycles. The Morgan fingerprint density at radius 1 is 1.28 bits per heavy atom. The van der Waals surface area contributed by atoms with Gasteiger partial charge in [0.25, 0.3) is 5.91 Å². The number of amides is 1. The van der Waals surface area contributed by atoms with Crippen molar-refractivity contribution in [3.63, 3.8) is 0 Å². The van der Waals surface area contributed by atoms with Crippen molar-refractivity contribution in [3.8, 4) is 0 Å². The van der Waals surface area contributed by atoms with Gasteiger partial charge in [0.1, 0.15) is 5.15 Å². The van der Waals surface area contributed by atoms with Crippen LogP contribution in [0.4, 0.5) is 14.5 Å². The number of carbonyl (C=O) groups is 1. The van der Waals surface area contributed by atoms with Crippen molar-refractivity contribution < 1.29 is 13.6 Å². The topological polar surface area (TPSA) is 42.0 Å². The van der Waals surface area contributed by atoms with Crippen LogP contribution in [0.15, 0.2) is 36.5 Å². The molecule has 0 atom stereocenters. The summed E-state index contributed by atoms with van der Waals surface area (Å²) in [5.74, 6) is -2.73. The van der Waals surface area contributed by atoms with Crippen LogP contribution >= 0.6 is 11.6 Å². The second-order valence-electron chi connectivity index (χ2n) is 3.42. The molecule has 0 bridgehead atoms. The average Bonchev–Trinajstić information content (AvgIpc) is 2.35. The van der Waals surface area contributed by atoms with E-state index in [0.717, 1.165) is 6.07 Å². The zero-order chi connectivity index (χ0) is 13.1. The van der Waals surface area contributed by atoms with Crippen LogP contribution in [0.2, 0.25) is 5.15 Å². The molecule has 1 aromatic carbocycles. The minimum absolute atomic E-state index is 0.141. The minimum atomic E-state index is -1.11. The van der Waals surface area contributed by atoms with Gasteiger partial charge in [-0.1, -0.05) is 17.7 Å². The summed E-state index contributed by atoms with van der Waals surface area (Å²) in [7, 11) is 0. The van der Waals surface area contributed by atoms with Crippen LogP contribution in [0.25, 0.3) is 0 Å². The van der Waals surface area contributed by atoms with Gasteiger partial charge in [-0.2, -0.15) is 0 Å². The number of rotatable bonds is 2. The van der Waals surface area contributed by atoms with E-state index in [1.165, 1.54) is 30.5 Å². The maximum absolute atomic E-state index is 13.3. The molecule has 92 valence electrons. The molecule has 3 nitrogen and oxygen atoms in total. The molecule has 0 aliphatic carbocycles. The summed E-state index contributed by atoms with van der Waals surface area (Å²) in [5.41, 5.74) is -0.0217. The number of aromatic nitrogens is 1. The van der Waals surface area contributed by atoms with Crippen LogP contribution in [0.5, 0.6) is 0 Å². The summed E-state index contributed by atoms with van der Waals surface area (Å²) in [6.45, 7) is 0. The van der Waals surface area contributed by atoms with E-state index in [1.807, 2.05) is 0 Å². The number of carbonyl (C=O) groups excluding carboxylic acids is 1. The molecule has 1 heterocycles. The van der Waals surface area contributed by atoms with E-state index in [-0.39, 0.29) is 16.4 Å². The summed E-state index contributed by atoms with van der Waals surface area (Å²) in [6.07, 6.45) is 1.35. The van der Waals surface area contributed by atoms with Crippen molar-refractivity contribution in [2.75, 3.05) is 5.32 Å². The van der Waals surface area contributed by atoms with Gasteiger partial charge in [0.05, 0.1) is 5.69 Å². The van der Waals surface area contributed by atoms with Crippen molar-refractivity contribution in [1.82, 2.24) is 4.98 Å². The fraction of sp³-hybridized carbons (Fsp3) is 0. The first-order chi connectivity index (χ1) is 8.58. The van der Waals surface area contributed by atoms with E-state index in [2.05, 4.69) is 10.3 Å². The quantitative estimate of drug-likeness (QED) is 0.850. The van der Waals surface area contributed by atoms with Crippen LogP contribution < -0.4 is 5.32 Å². The number of hydrogen-bond acceptors (Lipinski definition) is 2. The molecule has 0 aliphatic heterocycles. The lowest BCUT2D eigenvalue weighted by Crippen LogP contribution is -2.13. The minimum Gasteiger partial charge on any atom is -0.319 e. The average molecular weight is 269 g/mol. The molecule has 2 rings (SSSR count). The zero-order valence-electron chi connectivity index (χ0n) is 8.95. The predicted molar refractivity (Wildman–Crippen MR) is 63.6 cm³/mol. The highest BCUT2D eigenvalue weighted by atomic mass is 35.5. The number of benzene rings is 1. The maximum atomic E-state index is 13.3. The largest absolute Gasteiger partial charge is 0.319 e. The van der Waals surface area contributed by atoms with Gasteiger partial charge in [0.15, 0.2) is 11.6 Å². The number of nitrogens with zero attached hydrogens (tertiary/aromatic N) is 1. The Kier molecular flexibility index (Phi) is 3.53. The fourth-order valence-corrected chi connectivity index (χ4v) is 1.51. The summed E-state index contributed by atoms with van der Waals surface area (Å²) in [4.78, 5) is 15.5. The lowest BCUT2D eigenvalue weighted by molar-refractivity contribution is 0.102. The Labute approximate surface area is 106 Å². The molecule has 0 radical (unpaired) electrons. The first-order valence-corrected chi connectivity index (χ1v) is 5.32. The number of hydrogen-bond donors (Lipinski definition) is 1. The smallest absolute Gasteiger partial charge is 0.255 e. The van der Waals surface area contributed by atoms with Gasteiger partial charge in [-0.15, -0.1) is 0 Å². The summed E-state index contributed by atoms with van der Waals surface area (Å²) in [5, 5.41) is 2.40. The van der Waals surface area contributed by atoms with Gasteiger partial charge < -0.3 is 5.32 Å². The van der Waals surface area contributed by atoms with Gasteiger partial charge in [-0.05, 0) is 24.3 Å². The Morgan fingerprint density at radius 3 is 2.78 bits per heavy atom. The highest BCUT2D eigenvalue weighted by Gasteiger charge is 2.12. The molecular formula is C12H7ClF2N2O. The molecule has 18 heavy (non-hydrogen) atoms. The van der Waals surface area contributed by atoms with Crippen molar-refractivity contribution >= 4 is 23.2 Å². The van der Waals surface area contributed by atoms with Gasteiger partial charge in [0.2, 0.25) is 0 Å². The molecule has 0 fully saturated rings. The van der Waals surface area contributed by atoms with Crippen LogP contribution in [0, 0.1) is 11.6 Å². The zero-order valence-corrected chi connectivity index (χ0v) is 9.71. The molecule has 0 aliphatic rings. The standard InChI is InChI=1S/C12H7ClF2N2O/c13-10-6-7(4-5-16-10)12(18)17-9-3-1-2-8(14)11(9)15/h1-6H,(H,17,18). The van der Waals surface area contributed by atoms with E-state index in [9.17, 15) is 13.6 Å². The van der Waals surface area contributed by atoms with Crippen molar-refractivity contribution in [1.29, 1.82) is 0 Å². The predicted octanol–water partition coefficient (Wildman–Crippen LogP) is 3.27. The molecule has 0 saturated heterocycles. The third-order valence-electron chi connectivity index (χ3n) is 2.19. The third-order valence-corrected chi connectivity index (χ3v) is 2.40. The van der Waals surface area contributed by atoms with Gasteiger partial charge >= 0.3 is 0 Å². The SMILES string of the molecule is O=C(Nc1cccc(F)c1F)c1ccnc(Cl)c1. The molecule has 6 heteroatoms. The first-order valence-electron chi connectivity index (χ1n) is 4.95. The third kappa shape index (κ3) is 2.62. The molecule has 1 N–H and O–H groups in total. The maximum Gasteiger partial charge on any atom is 0.255 e. The van der Waals surface area contributed by atoms with E-state index in [4.69, 9.17) is 11.6 Å². The fourth-order valence-electron chi connectivity index (χ4n) is 1.34. The monoisotopic (exact) mass is 268 g/mol. The Morgan fingerprint density at radius 2 is 2.06 bits per heavy atom. The summed E-state index contributed by atoms with van der Waals surface area (Å²) < 4.78 is 26.3. The van der Waals surface area contributed by atoms with E-state index in [0.29, 0.717) is 0 Å². The second kappa shape index (κ2) is 5.10. The van der Waals surface area contributed by atoms with Crippen LogP contribution in [0.1, 0.15) is 10.4 Å². The lowest BCUT2D eigenvalue weighted by Gasteiger charge is -2.06. The highest BCUT2D eigenvalue weighted by molar-refractivity contribution is 6.29. The van der Waals surface area contributed by atoms with Crippen LogP contribution in [-0.4, -0.2) is 10.9 Å². The van der Waals surface area contributed by atoms with Gasteiger partial charge in [-0.3, -0.25) is 4.79 Å². The first kappa shape index (κ1) is 12.4. The van der Waals surface area contributed by atoms with Crippen LogP contribution in [0.3, 0.4) is 0 Å². The molecule has 2 aromatic rings. The highest BCUT2D eigenvalue weighted by Crippen LogP contribution is 2.18. The number of nitrogens with one attached hydrogen (secondary N) is 1. The molecule has 0 saturated carbocycles. The van der Waals surface area contributed by atoms with Gasteiger partial charge in [0, 0.05) is 11.8 Å². The molecular weight excluding hydrogens is 262 g/mol. The number of pyridine rings is 1.